The van der Waals surface area contributed by atoms with E-state index in [4.69, 9.17) is 9.84 Å². The Morgan fingerprint density at radius 1 is 1.50 bits per heavy atom. The van der Waals surface area contributed by atoms with E-state index in [9.17, 15) is 19.8 Å². The molecular weight excluding hydrogens is 264 g/mol. The number of rotatable bonds is 2. The molecule has 1 aliphatic rings. The molecule has 1 unspecified atom stereocenters. The number of carbonyl (C=O) groups excluding carboxylic acids is 2. The molecule has 4 atom stereocenters. The van der Waals surface area contributed by atoms with Crippen molar-refractivity contribution in [3.63, 3.8) is 0 Å². The minimum absolute atomic E-state index is 0.0428. The van der Waals surface area contributed by atoms with Gasteiger partial charge in [-0.3, -0.25) is 0 Å². The summed E-state index contributed by atoms with van der Waals surface area (Å²) in [6.45, 7) is 8.05. The second-order valence-corrected chi connectivity index (χ2v) is 5.36. The van der Waals surface area contributed by atoms with Gasteiger partial charge in [0.05, 0.1) is 18.3 Å². The predicted octanol–water partition coefficient (Wildman–Crippen LogP) is 0.806. The van der Waals surface area contributed by atoms with Crippen molar-refractivity contribution in [3.05, 3.63) is 0 Å². The number of carbonyl (C=O) groups is 2. The number of ketones is 1. The molecule has 0 spiro atoms. The molecule has 6 heteroatoms. The van der Waals surface area contributed by atoms with Crippen molar-refractivity contribution >= 4 is 12.1 Å². The Bertz CT molecular complexity index is 259. The van der Waals surface area contributed by atoms with Gasteiger partial charge in [-0.05, 0) is 41.0 Å². The lowest BCUT2D eigenvalue weighted by atomic mass is 10.0. The average molecular weight is 292 g/mol. The van der Waals surface area contributed by atoms with Gasteiger partial charge in [-0.15, -0.1) is 0 Å². The zero-order chi connectivity index (χ0) is 16.3. The number of ether oxygens (including phenoxy) is 1. The van der Waals surface area contributed by atoms with E-state index in [1.54, 1.807) is 13.8 Å². The predicted molar refractivity (Wildman–Crippen MR) is 75.1 cm³/mol. The molecule has 0 aromatic rings. The first kappa shape index (κ1) is 21.5. The maximum absolute atomic E-state index is 9.46. The molecule has 1 rings (SSSR count). The van der Waals surface area contributed by atoms with Gasteiger partial charge in [0.15, 0.2) is 5.79 Å². The lowest BCUT2D eigenvalue weighted by Gasteiger charge is -2.35. The van der Waals surface area contributed by atoms with Crippen LogP contribution in [0, 0.1) is 0 Å². The fourth-order valence-corrected chi connectivity index (χ4v) is 1.57. The van der Waals surface area contributed by atoms with Crippen LogP contribution in [0.15, 0.2) is 0 Å². The summed E-state index contributed by atoms with van der Waals surface area (Å²) in [5, 5.41) is 26.8. The molecule has 0 saturated carbocycles. The number of aliphatic hydroxyl groups is 3. The van der Waals surface area contributed by atoms with Gasteiger partial charge in [0.25, 0.3) is 0 Å². The van der Waals surface area contributed by atoms with Crippen LogP contribution in [0.4, 0.5) is 0 Å². The van der Waals surface area contributed by atoms with Crippen molar-refractivity contribution in [3.8, 4) is 0 Å². The van der Waals surface area contributed by atoms with E-state index in [1.807, 2.05) is 6.92 Å². The molecule has 0 bridgehead atoms. The van der Waals surface area contributed by atoms with Crippen molar-refractivity contribution in [1.82, 2.24) is 0 Å². The standard InChI is InChI=1S/C7H14O3.C4H8O2.C3H6O/c1-5-3-6(8)4-7(2,9)10-5;1-4(6)2-3-5;1-3(2)4/h5-6,8-9H,3-4H2,1-2H3;3-4,6H,2H2,1H3;1-2H3/t5?,6-,7-;4-;/m10./s1. The van der Waals surface area contributed by atoms with Gasteiger partial charge in [-0.1, -0.05) is 0 Å². The third-order valence-electron chi connectivity index (χ3n) is 2.11. The first-order valence-corrected chi connectivity index (χ1v) is 6.67. The molecule has 20 heavy (non-hydrogen) atoms. The highest BCUT2D eigenvalue weighted by Crippen LogP contribution is 2.25. The molecule has 0 amide bonds. The molecule has 0 aromatic carbocycles. The lowest BCUT2D eigenvalue weighted by molar-refractivity contribution is -0.256. The van der Waals surface area contributed by atoms with E-state index >= 15 is 0 Å². The quantitative estimate of drug-likeness (QED) is 0.651. The maximum Gasteiger partial charge on any atom is 0.165 e. The summed E-state index contributed by atoms with van der Waals surface area (Å²) in [5.41, 5.74) is 0. The Balaban J connectivity index is 0. The summed E-state index contributed by atoms with van der Waals surface area (Å²) >= 11 is 0. The second kappa shape index (κ2) is 10.9. The molecule has 1 saturated heterocycles. The van der Waals surface area contributed by atoms with Crippen LogP contribution in [0.2, 0.25) is 0 Å². The monoisotopic (exact) mass is 292 g/mol. The van der Waals surface area contributed by atoms with Crippen molar-refractivity contribution < 1.29 is 29.6 Å². The number of hydrogen-bond acceptors (Lipinski definition) is 6. The van der Waals surface area contributed by atoms with Crippen molar-refractivity contribution in [2.75, 3.05) is 0 Å². The fourth-order valence-electron chi connectivity index (χ4n) is 1.57. The molecule has 1 fully saturated rings. The van der Waals surface area contributed by atoms with Crippen LogP contribution in [-0.4, -0.2) is 51.5 Å². The highest BCUT2D eigenvalue weighted by molar-refractivity contribution is 5.72. The van der Waals surface area contributed by atoms with Crippen LogP contribution in [0.1, 0.15) is 53.9 Å². The molecular formula is C14H28O6. The topological polar surface area (TPSA) is 104 Å². The highest BCUT2D eigenvalue weighted by Gasteiger charge is 2.33. The normalized spacial score (nSPS) is 30.0. The van der Waals surface area contributed by atoms with Crippen LogP contribution in [0.25, 0.3) is 0 Å². The zero-order valence-corrected chi connectivity index (χ0v) is 13.0. The van der Waals surface area contributed by atoms with Crippen molar-refractivity contribution in [1.29, 1.82) is 0 Å². The first-order chi connectivity index (χ1) is 9.00. The molecule has 3 N–H and O–H groups in total. The number of aldehydes is 1. The maximum atomic E-state index is 9.46. The van der Waals surface area contributed by atoms with E-state index in [0.717, 1.165) is 0 Å². The van der Waals surface area contributed by atoms with Gasteiger partial charge in [0.1, 0.15) is 12.1 Å². The lowest BCUT2D eigenvalue weighted by Crippen LogP contribution is -2.42. The summed E-state index contributed by atoms with van der Waals surface area (Å²) in [6, 6.07) is 0. The van der Waals surface area contributed by atoms with E-state index in [-0.39, 0.29) is 18.3 Å². The summed E-state index contributed by atoms with van der Waals surface area (Å²) in [5.74, 6) is -0.961. The van der Waals surface area contributed by atoms with Crippen molar-refractivity contribution in [2.45, 2.75) is 78.0 Å². The molecule has 0 radical (unpaired) electrons. The van der Waals surface area contributed by atoms with Crippen LogP contribution < -0.4 is 0 Å². The summed E-state index contributed by atoms with van der Waals surface area (Å²) in [6.07, 6.45) is 0.957. The van der Waals surface area contributed by atoms with Crippen molar-refractivity contribution in [2.24, 2.45) is 0 Å². The van der Waals surface area contributed by atoms with Gasteiger partial charge in [0.2, 0.25) is 0 Å². The Morgan fingerprint density at radius 3 is 2.15 bits per heavy atom. The van der Waals surface area contributed by atoms with Gasteiger partial charge in [-0.25, -0.2) is 0 Å². The molecule has 1 aliphatic heterocycles. The Morgan fingerprint density at radius 2 is 1.95 bits per heavy atom. The third-order valence-corrected chi connectivity index (χ3v) is 2.11. The summed E-state index contributed by atoms with van der Waals surface area (Å²) in [4.78, 5) is 18.9. The second-order valence-electron chi connectivity index (χ2n) is 5.36. The first-order valence-electron chi connectivity index (χ1n) is 6.67. The zero-order valence-electron chi connectivity index (χ0n) is 13.0. The SMILES string of the molecule is CC(C)=O.CC1C[C@@H](O)C[C@](C)(O)O1.C[C@H](O)CC=O. The van der Waals surface area contributed by atoms with E-state index < -0.39 is 18.0 Å². The Kier molecular flexibility index (Phi) is 11.7. The summed E-state index contributed by atoms with van der Waals surface area (Å²) < 4.78 is 5.14. The third kappa shape index (κ3) is 17.2. The van der Waals surface area contributed by atoms with E-state index in [2.05, 4.69) is 0 Å². The van der Waals surface area contributed by atoms with Crippen LogP contribution >= 0.6 is 0 Å². The molecule has 0 aliphatic carbocycles. The van der Waals surface area contributed by atoms with Gasteiger partial charge < -0.3 is 29.6 Å². The molecule has 1 heterocycles. The van der Waals surface area contributed by atoms with Gasteiger partial charge in [0, 0.05) is 12.8 Å². The fraction of sp³-hybridized carbons (Fsp3) is 0.857. The number of aliphatic hydroxyl groups excluding tert-OH is 2. The number of hydrogen-bond donors (Lipinski definition) is 3. The smallest absolute Gasteiger partial charge is 0.165 e. The largest absolute Gasteiger partial charge is 0.393 e. The molecule has 120 valence electrons. The molecule has 0 aromatic heterocycles. The highest BCUT2D eigenvalue weighted by atomic mass is 16.6. The molecule has 6 nitrogen and oxygen atoms in total. The Hall–Kier alpha value is -0.820. The van der Waals surface area contributed by atoms with Crippen LogP contribution in [0.5, 0.6) is 0 Å². The minimum Gasteiger partial charge on any atom is -0.393 e. The van der Waals surface area contributed by atoms with Crippen LogP contribution in [0.3, 0.4) is 0 Å². The van der Waals surface area contributed by atoms with Gasteiger partial charge in [-0.2, -0.15) is 0 Å². The number of Topliss-reactive ketones (excluding diaryl/α,β-unsaturated/α-hetero) is 1. The average Bonchev–Trinajstić information content (AvgIpc) is 2.11. The Labute approximate surface area is 120 Å². The van der Waals surface area contributed by atoms with Crippen LogP contribution in [-0.2, 0) is 14.3 Å². The van der Waals surface area contributed by atoms with E-state index in [0.29, 0.717) is 19.1 Å². The van der Waals surface area contributed by atoms with E-state index in [1.165, 1.54) is 13.8 Å². The summed E-state index contributed by atoms with van der Waals surface area (Å²) in [7, 11) is 0. The van der Waals surface area contributed by atoms with Gasteiger partial charge >= 0.3 is 0 Å². The minimum atomic E-state index is -1.13.